The van der Waals surface area contributed by atoms with Crippen LogP contribution >= 0.6 is 23.2 Å². The number of methoxy groups -OCH3 is 1. The van der Waals surface area contributed by atoms with Crippen molar-refractivity contribution in [1.29, 1.82) is 0 Å². The second kappa shape index (κ2) is 8.03. The molecular formula is C18H14Cl2N4O2. The molecule has 0 bridgehead atoms. The highest BCUT2D eigenvalue weighted by Gasteiger charge is 2.09. The molecule has 1 aromatic heterocycles. The number of hydrogen-bond donors (Lipinski definition) is 2. The number of aromatic nitrogens is 2. The van der Waals surface area contributed by atoms with Gasteiger partial charge in [0.2, 0.25) is 5.95 Å². The highest BCUT2D eigenvalue weighted by molar-refractivity contribution is 6.42. The summed E-state index contributed by atoms with van der Waals surface area (Å²) in [5.41, 5.74) is 1.65. The van der Waals surface area contributed by atoms with Crippen LogP contribution in [-0.2, 0) is 0 Å². The first kappa shape index (κ1) is 18.0. The summed E-state index contributed by atoms with van der Waals surface area (Å²) >= 11 is 11.8. The molecule has 0 aliphatic heterocycles. The number of ether oxygens (including phenoxy) is 1. The summed E-state index contributed by atoms with van der Waals surface area (Å²) in [6.45, 7) is 0. The van der Waals surface area contributed by atoms with Crippen molar-refractivity contribution in [2.75, 3.05) is 17.7 Å². The maximum Gasteiger partial charge on any atom is 0.258 e. The van der Waals surface area contributed by atoms with Crippen molar-refractivity contribution in [1.82, 2.24) is 9.97 Å². The van der Waals surface area contributed by atoms with Gasteiger partial charge in [-0.3, -0.25) is 4.79 Å². The maximum absolute atomic E-state index is 12.2. The molecule has 2 aromatic carbocycles. The monoisotopic (exact) mass is 388 g/mol. The summed E-state index contributed by atoms with van der Waals surface area (Å²) < 4.78 is 5.11. The third-order valence-corrected chi connectivity index (χ3v) is 4.18. The van der Waals surface area contributed by atoms with Crippen molar-refractivity contribution < 1.29 is 9.53 Å². The molecule has 132 valence electrons. The third kappa shape index (κ3) is 4.41. The van der Waals surface area contributed by atoms with Gasteiger partial charge in [-0.2, -0.15) is 0 Å². The van der Waals surface area contributed by atoms with Crippen LogP contribution in [0.3, 0.4) is 0 Å². The number of nitrogens with one attached hydrogen (secondary N) is 2. The molecule has 0 atom stereocenters. The Morgan fingerprint density at radius 2 is 1.62 bits per heavy atom. The van der Waals surface area contributed by atoms with Crippen molar-refractivity contribution >= 4 is 46.4 Å². The van der Waals surface area contributed by atoms with Gasteiger partial charge in [-0.25, -0.2) is 9.97 Å². The quantitative estimate of drug-likeness (QED) is 0.656. The Bertz CT molecular complexity index is 915. The molecule has 6 nitrogen and oxygen atoms in total. The molecule has 1 amide bonds. The zero-order valence-electron chi connectivity index (χ0n) is 13.7. The van der Waals surface area contributed by atoms with E-state index in [4.69, 9.17) is 27.9 Å². The molecule has 0 saturated carbocycles. The lowest BCUT2D eigenvalue weighted by molar-refractivity contribution is 0.102. The number of halogens is 2. The standard InChI is InChI=1S/C18H14Cl2N4O2/c1-26-14-5-2-12(3-6-14)24-18-21-9-11(10-22-18)17(25)23-13-4-7-15(19)16(20)8-13/h2-10H,1H3,(H,23,25)(H,21,22,24). The molecule has 0 spiro atoms. The Morgan fingerprint density at radius 1 is 0.962 bits per heavy atom. The highest BCUT2D eigenvalue weighted by Crippen LogP contribution is 2.25. The molecule has 0 aliphatic carbocycles. The first-order valence-corrected chi connectivity index (χ1v) is 8.30. The highest BCUT2D eigenvalue weighted by atomic mass is 35.5. The predicted molar refractivity (Wildman–Crippen MR) is 103 cm³/mol. The number of carbonyl (C=O) groups is 1. The van der Waals surface area contributed by atoms with E-state index in [2.05, 4.69) is 20.6 Å². The SMILES string of the molecule is COc1ccc(Nc2ncc(C(=O)Nc3ccc(Cl)c(Cl)c3)cn2)cc1. The first-order valence-electron chi connectivity index (χ1n) is 7.54. The van der Waals surface area contributed by atoms with E-state index in [1.165, 1.54) is 12.4 Å². The van der Waals surface area contributed by atoms with Gasteiger partial charge in [0.25, 0.3) is 5.91 Å². The summed E-state index contributed by atoms with van der Waals surface area (Å²) in [5.74, 6) is 0.784. The van der Waals surface area contributed by atoms with Crippen LogP contribution in [0.5, 0.6) is 5.75 Å². The van der Waals surface area contributed by atoms with Crippen LogP contribution in [0.25, 0.3) is 0 Å². The lowest BCUT2D eigenvalue weighted by Gasteiger charge is -2.08. The fraction of sp³-hybridized carbons (Fsp3) is 0.0556. The molecule has 1 heterocycles. The lowest BCUT2D eigenvalue weighted by Crippen LogP contribution is -2.13. The number of carbonyl (C=O) groups excluding carboxylic acids is 1. The van der Waals surface area contributed by atoms with Crippen molar-refractivity contribution in [3.05, 3.63) is 70.5 Å². The van der Waals surface area contributed by atoms with Crippen molar-refractivity contribution in [3.63, 3.8) is 0 Å². The Labute approximate surface area is 160 Å². The van der Waals surface area contributed by atoms with Gasteiger partial charge >= 0.3 is 0 Å². The maximum atomic E-state index is 12.2. The van der Waals surface area contributed by atoms with E-state index in [9.17, 15) is 4.79 Å². The summed E-state index contributed by atoms with van der Waals surface area (Å²) in [6.07, 6.45) is 2.87. The smallest absolute Gasteiger partial charge is 0.258 e. The Balaban J connectivity index is 1.66. The Kier molecular flexibility index (Phi) is 5.55. The van der Waals surface area contributed by atoms with E-state index in [0.717, 1.165) is 11.4 Å². The van der Waals surface area contributed by atoms with E-state index in [-0.39, 0.29) is 5.91 Å². The van der Waals surface area contributed by atoms with Crippen LogP contribution in [0.1, 0.15) is 10.4 Å². The third-order valence-electron chi connectivity index (χ3n) is 3.44. The Morgan fingerprint density at radius 3 is 2.23 bits per heavy atom. The van der Waals surface area contributed by atoms with Gasteiger partial charge in [0.1, 0.15) is 5.75 Å². The van der Waals surface area contributed by atoms with Crippen LogP contribution < -0.4 is 15.4 Å². The van der Waals surface area contributed by atoms with Gasteiger partial charge in [-0.15, -0.1) is 0 Å². The topological polar surface area (TPSA) is 76.1 Å². The number of anilines is 3. The average Bonchev–Trinajstić information content (AvgIpc) is 2.66. The molecule has 0 radical (unpaired) electrons. The first-order chi connectivity index (χ1) is 12.5. The second-order valence-electron chi connectivity index (χ2n) is 5.23. The minimum Gasteiger partial charge on any atom is -0.497 e. The summed E-state index contributed by atoms with van der Waals surface area (Å²) in [5, 5.41) is 6.53. The molecule has 0 unspecified atom stereocenters. The predicted octanol–water partition coefficient (Wildman–Crippen LogP) is 4.79. The van der Waals surface area contributed by atoms with Gasteiger partial charge in [0.15, 0.2) is 0 Å². The molecule has 0 aliphatic rings. The van der Waals surface area contributed by atoms with Crippen LogP contribution in [0, 0.1) is 0 Å². The van der Waals surface area contributed by atoms with Crippen molar-refractivity contribution in [2.24, 2.45) is 0 Å². The van der Waals surface area contributed by atoms with E-state index >= 15 is 0 Å². The second-order valence-corrected chi connectivity index (χ2v) is 6.05. The molecule has 2 N–H and O–H groups in total. The number of nitrogens with zero attached hydrogens (tertiary/aromatic N) is 2. The van der Waals surface area contributed by atoms with Gasteiger partial charge in [0, 0.05) is 23.8 Å². The lowest BCUT2D eigenvalue weighted by atomic mass is 10.2. The van der Waals surface area contributed by atoms with E-state index in [1.54, 1.807) is 25.3 Å². The summed E-state index contributed by atoms with van der Waals surface area (Å²) in [4.78, 5) is 20.5. The molecular weight excluding hydrogens is 375 g/mol. The van der Waals surface area contributed by atoms with E-state index in [1.807, 2.05) is 24.3 Å². The fourth-order valence-electron chi connectivity index (χ4n) is 2.09. The van der Waals surface area contributed by atoms with Gasteiger partial charge in [0.05, 0.1) is 22.7 Å². The van der Waals surface area contributed by atoms with Crippen molar-refractivity contribution in [2.45, 2.75) is 0 Å². The average molecular weight is 389 g/mol. The zero-order valence-corrected chi connectivity index (χ0v) is 15.2. The minimum atomic E-state index is -0.348. The van der Waals surface area contributed by atoms with Crippen LogP contribution in [0.15, 0.2) is 54.9 Å². The molecule has 8 heteroatoms. The normalized spacial score (nSPS) is 10.3. The summed E-state index contributed by atoms with van der Waals surface area (Å²) in [7, 11) is 1.60. The van der Waals surface area contributed by atoms with Crippen LogP contribution in [-0.4, -0.2) is 23.0 Å². The number of rotatable bonds is 5. The zero-order chi connectivity index (χ0) is 18.5. The van der Waals surface area contributed by atoms with Gasteiger partial charge < -0.3 is 15.4 Å². The van der Waals surface area contributed by atoms with E-state index in [0.29, 0.717) is 27.2 Å². The molecule has 26 heavy (non-hydrogen) atoms. The fourth-order valence-corrected chi connectivity index (χ4v) is 2.39. The van der Waals surface area contributed by atoms with Gasteiger partial charge in [-0.1, -0.05) is 23.2 Å². The van der Waals surface area contributed by atoms with Crippen LogP contribution in [0.2, 0.25) is 10.0 Å². The largest absolute Gasteiger partial charge is 0.497 e. The van der Waals surface area contributed by atoms with Crippen molar-refractivity contribution in [3.8, 4) is 5.75 Å². The molecule has 0 fully saturated rings. The Hall–Kier alpha value is -2.83. The number of amides is 1. The molecule has 0 saturated heterocycles. The number of hydrogen-bond acceptors (Lipinski definition) is 5. The van der Waals surface area contributed by atoms with Gasteiger partial charge in [-0.05, 0) is 42.5 Å². The van der Waals surface area contributed by atoms with Crippen LogP contribution in [0.4, 0.5) is 17.3 Å². The molecule has 3 aromatic rings. The number of benzene rings is 2. The molecule has 3 rings (SSSR count). The minimum absolute atomic E-state index is 0.316. The van der Waals surface area contributed by atoms with E-state index < -0.39 is 0 Å². The summed E-state index contributed by atoms with van der Waals surface area (Å²) in [6, 6.07) is 12.2.